The second-order valence-electron chi connectivity index (χ2n) is 5.61. The first-order chi connectivity index (χ1) is 10.7. The monoisotopic (exact) mass is 340 g/mol. The average molecular weight is 341 g/mol. The van der Waals surface area contributed by atoms with Gasteiger partial charge in [0.1, 0.15) is 0 Å². The van der Waals surface area contributed by atoms with Crippen molar-refractivity contribution in [3.63, 3.8) is 0 Å². The molecule has 0 aromatic carbocycles. The maximum Gasteiger partial charge on any atom is 0.191 e. The lowest BCUT2D eigenvalue weighted by Gasteiger charge is -2.17. The topological polar surface area (TPSA) is 49.3 Å². The summed E-state index contributed by atoms with van der Waals surface area (Å²) in [7, 11) is 0. The maximum absolute atomic E-state index is 4.71. The van der Waals surface area contributed by atoms with Gasteiger partial charge in [0.2, 0.25) is 0 Å². The van der Waals surface area contributed by atoms with E-state index in [1.54, 1.807) is 11.3 Å². The van der Waals surface area contributed by atoms with Crippen LogP contribution >= 0.6 is 23.1 Å². The van der Waals surface area contributed by atoms with E-state index in [0.717, 1.165) is 30.7 Å². The van der Waals surface area contributed by atoms with E-state index in [1.165, 1.54) is 34.9 Å². The highest BCUT2D eigenvalue weighted by Crippen LogP contribution is 2.29. The van der Waals surface area contributed by atoms with Crippen LogP contribution in [0.1, 0.15) is 43.0 Å². The Hall–Kier alpha value is -0.750. The largest absolute Gasteiger partial charge is 0.357 e. The normalized spacial score (nSPS) is 22.0. The highest BCUT2D eigenvalue weighted by molar-refractivity contribution is 7.99. The van der Waals surface area contributed by atoms with Gasteiger partial charge >= 0.3 is 0 Å². The zero-order chi connectivity index (χ0) is 15.8. The lowest BCUT2D eigenvalue weighted by molar-refractivity contribution is 0.615. The minimum Gasteiger partial charge on any atom is -0.357 e. The number of hydrogen-bond donors (Lipinski definition) is 2. The van der Waals surface area contributed by atoms with Crippen molar-refractivity contribution in [2.75, 3.05) is 18.8 Å². The molecule has 1 aliphatic rings. The predicted molar refractivity (Wildman–Crippen MR) is 99.2 cm³/mol. The second kappa shape index (κ2) is 9.40. The van der Waals surface area contributed by atoms with E-state index in [9.17, 15) is 0 Å². The SMILES string of the molecule is CCNC(=NCCc1ncc(C)s1)NC1CCC(SCC)C1. The summed E-state index contributed by atoms with van der Waals surface area (Å²) in [5.41, 5.74) is 0. The molecule has 4 nitrogen and oxygen atoms in total. The Morgan fingerprint density at radius 1 is 1.45 bits per heavy atom. The highest BCUT2D eigenvalue weighted by Gasteiger charge is 2.24. The van der Waals surface area contributed by atoms with Crippen molar-refractivity contribution in [1.29, 1.82) is 0 Å². The molecule has 1 heterocycles. The Kier molecular flexibility index (Phi) is 7.52. The van der Waals surface area contributed by atoms with Gasteiger partial charge in [-0.3, -0.25) is 4.99 Å². The average Bonchev–Trinajstić information content (AvgIpc) is 3.09. The van der Waals surface area contributed by atoms with Gasteiger partial charge in [-0.25, -0.2) is 4.98 Å². The zero-order valence-corrected chi connectivity index (χ0v) is 15.5. The number of thioether (sulfide) groups is 1. The van der Waals surface area contributed by atoms with Crippen molar-refractivity contribution in [1.82, 2.24) is 15.6 Å². The smallest absolute Gasteiger partial charge is 0.191 e. The van der Waals surface area contributed by atoms with E-state index in [-0.39, 0.29) is 0 Å². The second-order valence-corrected chi connectivity index (χ2v) is 8.50. The number of aromatic nitrogens is 1. The molecule has 0 saturated heterocycles. The molecule has 6 heteroatoms. The number of aliphatic imine (C=N–C) groups is 1. The Morgan fingerprint density at radius 3 is 3.00 bits per heavy atom. The first-order valence-corrected chi connectivity index (χ1v) is 10.2. The molecule has 2 unspecified atom stereocenters. The molecule has 0 bridgehead atoms. The van der Waals surface area contributed by atoms with Crippen LogP contribution in [-0.2, 0) is 6.42 Å². The van der Waals surface area contributed by atoms with Crippen molar-refractivity contribution < 1.29 is 0 Å². The fourth-order valence-electron chi connectivity index (χ4n) is 2.75. The van der Waals surface area contributed by atoms with E-state index in [4.69, 9.17) is 4.99 Å². The van der Waals surface area contributed by atoms with Crippen molar-refractivity contribution in [3.8, 4) is 0 Å². The lowest BCUT2D eigenvalue weighted by Crippen LogP contribution is -2.42. The maximum atomic E-state index is 4.71. The molecule has 2 rings (SSSR count). The fraction of sp³-hybridized carbons (Fsp3) is 0.750. The third kappa shape index (κ3) is 5.80. The van der Waals surface area contributed by atoms with Gasteiger partial charge in [0, 0.05) is 41.9 Å². The molecule has 1 saturated carbocycles. The molecule has 22 heavy (non-hydrogen) atoms. The van der Waals surface area contributed by atoms with E-state index in [0.29, 0.717) is 6.04 Å². The van der Waals surface area contributed by atoms with Gasteiger partial charge in [0.15, 0.2) is 5.96 Å². The standard InChI is InChI=1S/C16H28N4S2/c1-4-17-16(18-9-8-15-19-11-12(3)22-15)20-13-6-7-14(10-13)21-5-2/h11,13-14H,4-10H2,1-3H3,(H2,17,18,20). The Morgan fingerprint density at radius 2 is 2.32 bits per heavy atom. The number of rotatable bonds is 7. The van der Waals surface area contributed by atoms with Gasteiger partial charge in [-0.2, -0.15) is 11.8 Å². The van der Waals surface area contributed by atoms with Crippen LogP contribution in [0.4, 0.5) is 0 Å². The van der Waals surface area contributed by atoms with Crippen molar-refractivity contribution >= 4 is 29.1 Å². The first kappa shape index (κ1) is 17.6. The van der Waals surface area contributed by atoms with Crippen LogP contribution in [0.2, 0.25) is 0 Å². The van der Waals surface area contributed by atoms with Crippen molar-refractivity contribution in [3.05, 3.63) is 16.1 Å². The number of aryl methyl sites for hydroxylation is 1. The third-order valence-electron chi connectivity index (χ3n) is 3.74. The highest BCUT2D eigenvalue weighted by atomic mass is 32.2. The molecule has 124 valence electrons. The van der Waals surface area contributed by atoms with E-state index in [2.05, 4.69) is 48.2 Å². The van der Waals surface area contributed by atoms with Gasteiger partial charge in [0.25, 0.3) is 0 Å². The summed E-state index contributed by atoms with van der Waals surface area (Å²) < 4.78 is 0. The summed E-state index contributed by atoms with van der Waals surface area (Å²) in [4.78, 5) is 10.4. The molecule has 0 spiro atoms. The van der Waals surface area contributed by atoms with Gasteiger partial charge in [-0.05, 0) is 38.9 Å². The number of nitrogens with zero attached hydrogens (tertiary/aromatic N) is 2. The van der Waals surface area contributed by atoms with Crippen LogP contribution in [0.5, 0.6) is 0 Å². The number of hydrogen-bond acceptors (Lipinski definition) is 4. The summed E-state index contributed by atoms with van der Waals surface area (Å²) in [6, 6.07) is 0.573. The predicted octanol–water partition coefficient (Wildman–Crippen LogP) is 3.22. The summed E-state index contributed by atoms with van der Waals surface area (Å²) in [5, 5.41) is 8.97. The molecule has 1 fully saturated rings. The van der Waals surface area contributed by atoms with E-state index >= 15 is 0 Å². The quantitative estimate of drug-likeness (QED) is 0.591. The third-order valence-corrected chi connectivity index (χ3v) is 5.94. The van der Waals surface area contributed by atoms with Crippen molar-refractivity contribution in [2.24, 2.45) is 4.99 Å². The van der Waals surface area contributed by atoms with Crippen molar-refractivity contribution in [2.45, 2.75) is 57.7 Å². The molecule has 0 radical (unpaired) electrons. The fourth-order valence-corrected chi connectivity index (χ4v) is 4.67. The van der Waals surface area contributed by atoms with Gasteiger partial charge < -0.3 is 10.6 Å². The first-order valence-electron chi connectivity index (χ1n) is 8.29. The molecule has 1 aromatic rings. The van der Waals surface area contributed by atoms with Gasteiger partial charge in [0.05, 0.1) is 5.01 Å². The molecule has 0 aliphatic heterocycles. The number of guanidine groups is 1. The van der Waals surface area contributed by atoms with Crippen LogP contribution in [0.25, 0.3) is 0 Å². The number of nitrogens with one attached hydrogen (secondary N) is 2. The van der Waals surface area contributed by atoms with Crippen LogP contribution in [-0.4, -0.2) is 41.1 Å². The van der Waals surface area contributed by atoms with E-state index in [1.807, 2.05) is 6.20 Å². The molecule has 2 atom stereocenters. The Balaban J connectivity index is 1.80. The minimum absolute atomic E-state index is 0.573. The summed E-state index contributed by atoms with van der Waals surface area (Å²) in [6.07, 6.45) is 6.71. The lowest BCUT2D eigenvalue weighted by atomic mass is 10.2. The molecular weight excluding hydrogens is 312 g/mol. The molecule has 1 aromatic heterocycles. The Bertz CT molecular complexity index is 472. The minimum atomic E-state index is 0.573. The van der Waals surface area contributed by atoms with E-state index < -0.39 is 0 Å². The molecular formula is C16H28N4S2. The van der Waals surface area contributed by atoms with Crippen LogP contribution in [0.15, 0.2) is 11.2 Å². The van der Waals surface area contributed by atoms with Crippen LogP contribution in [0.3, 0.4) is 0 Å². The summed E-state index contributed by atoms with van der Waals surface area (Å²) in [5.74, 6) is 2.18. The zero-order valence-electron chi connectivity index (χ0n) is 13.9. The summed E-state index contributed by atoms with van der Waals surface area (Å²) in [6.45, 7) is 8.16. The van der Waals surface area contributed by atoms with Crippen LogP contribution < -0.4 is 10.6 Å². The summed E-state index contributed by atoms with van der Waals surface area (Å²) >= 11 is 3.86. The van der Waals surface area contributed by atoms with Gasteiger partial charge in [-0.15, -0.1) is 11.3 Å². The number of thiazole rings is 1. The molecule has 2 N–H and O–H groups in total. The Labute approximate surface area is 142 Å². The molecule has 0 amide bonds. The van der Waals surface area contributed by atoms with Gasteiger partial charge in [-0.1, -0.05) is 6.92 Å². The van der Waals surface area contributed by atoms with Crippen LogP contribution in [0, 0.1) is 6.92 Å². The molecule has 1 aliphatic carbocycles.